The van der Waals surface area contributed by atoms with Crippen LogP contribution in [0.15, 0.2) is 109 Å². The van der Waals surface area contributed by atoms with E-state index in [0.717, 1.165) is 43.0 Å². The van der Waals surface area contributed by atoms with E-state index in [2.05, 4.69) is 36.4 Å². The van der Waals surface area contributed by atoms with E-state index in [9.17, 15) is 0 Å². The van der Waals surface area contributed by atoms with Crippen molar-refractivity contribution in [3.63, 3.8) is 0 Å². The summed E-state index contributed by atoms with van der Waals surface area (Å²) in [6.45, 7) is 0. The zero-order chi connectivity index (χ0) is 20.6. The molecule has 0 aliphatic rings. The van der Waals surface area contributed by atoms with E-state index in [0.29, 0.717) is 5.88 Å². The van der Waals surface area contributed by atoms with Crippen LogP contribution in [0.1, 0.15) is 5.56 Å². The standard InChI is InChI=1S/C27H20ClOP/c28-19-20-8-5-13-23(18-20)30(29,26-16-6-11-21-9-1-3-14-24(21)26)27-17-7-12-22-10-2-4-15-25(22)27/h1-18H,19H2. The number of rotatable bonds is 4. The zero-order valence-electron chi connectivity index (χ0n) is 16.3. The average Bonchev–Trinajstić information content (AvgIpc) is 2.83. The maximum atomic E-state index is 15.3. The molecule has 0 N–H and O–H groups in total. The van der Waals surface area contributed by atoms with Crippen LogP contribution in [0.25, 0.3) is 21.5 Å². The minimum atomic E-state index is -3.17. The summed E-state index contributed by atoms with van der Waals surface area (Å²) in [6.07, 6.45) is 0. The van der Waals surface area contributed by atoms with Crippen LogP contribution < -0.4 is 15.9 Å². The molecular formula is C27H20ClOP. The van der Waals surface area contributed by atoms with Gasteiger partial charge in [0.2, 0.25) is 0 Å². The van der Waals surface area contributed by atoms with Crippen LogP contribution in [0.5, 0.6) is 0 Å². The van der Waals surface area contributed by atoms with Gasteiger partial charge in [-0.3, -0.25) is 0 Å². The van der Waals surface area contributed by atoms with Gasteiger partial charge in [-0.1, -0.05) is 103 Å². The molecule has 0 fully saturated rings. The van der Waals surface area contributed by atoms with Gasteiger partial charge in [0.25, 0.3) is 0 Å². The summed E-state index contributed by atoms with van der Waals surface area (Å²) in [6, 6.07) is 36.4. The Morgan fingerprint density at radius 3 is 1.67 bits per heavy atom. The Morgan fingerprint density at radius 2 is 1.10 bits per heavy atom. The highest BCUT2D eigenvalue weighted by Gasteiger charge is 2.33. The lowest BCUT2D eigenvalue weighted by Crippen LogP contribution is -2.26. The molecule has 5 aromatic rings. The van der Waals surface area contributed by atoms with Crippen molar-refractivity contribution >= 4 is 56.2 Å². The second-order valence-corrected chi connectivity index (χ2v) is 10.4. The first-order chi connectivity index (χ1) is 14.7. The summed E-state index contributed by atoms with van der Waals surface area (Å²) in [5.74, 6) is 0.388. The van der Waals surface area contributed by atoms with Gasteiger partial charge in [0.15, 0.2) is 7.14 Å². The number of fused-ring (bicyclic) bond motifs is 2. The second kappa shape index (κ2) is 7.76. The third-order valence-corrected chi connectivity index (χ3v) is 9.09. The van der Waals surface area contributed by atoms with Crippen molar-refractivity contribution < 1.29 is 4.57 Å². The van der Waals surface area contributed by atoms with E-state index < -0.39 is 7.14 Å². The third-order valence-electron chi connectivity index (χ3n) is 5.64. The van der Waals surface area contributed by atoms with Gasteiger partial charge in [0.05, 0.1) is 0 Å². The van der Waals surface area contributed by atoms with Gasteiger partial charge in [-0.25, -0.2) is 0 Å². The molecular weight excluding hydrogens is 407 g/mol. The third kappa shape index (κ3) is 3.06. The summed E-state index contributed by atoms with van der Waals surface area (Å²) in [5.41, 5.74) is 0.967. The summed E-state index contributed by atoms with van der Waals surface area (Å²) in [4.78, 5) is 0. The summed E-state index contributed by atoms with van der Waals surface area (Å²) < 4.78 is 15.3. The Morgan fingerprint density at radius 1 is 0.600 bits per heavy atom. The molecule has 5 rings (SSSR count). The lowest BCUT2D eigenvalue weighted by atomic mass is 10.1. The predicted molar refractivity (Wildman–Crippen MR) is 130 cm³/mol. The zero-order valence-corrected chi connectivity index (χ0v) is 18.0. The van der Waals surface area contributed by atoms with Crippen molar-refractivity contribution in [3.05, 3.63) is 115 Å². The maximum absolute atomic E-state index is 15.3. The Bertz CT molecular complexity index is 1330. The van der Waals surface area contributed by atoms with Gasteiger partial charge in [-0.15, -0.1) is 11.6 Å². The fourth-order valence-electron chi connectivity index (χ4n) is 4.21. The van der Waals surface area contributed by atoms with Crippen molar-refractivity contribution in [2.75, 3.05) is 0 Å². The Kier molecular flexibility index (Phi) is 4.95. The predicted octanol–water partition coefficient (Wildman–Crippen LogP) is 6.37. The average molecular weight is 427 g/mol. The van der Waals surface area contributed by atoms with E-state index in [1.54, 1.807) is 0 Å². The number of alkyl halides is 1. The van der Waals surface area contributed by atoms with E-state index in [1.165, 1.54) is 0 Å². The van der Waals surface area contributed by atoms with Crippen LogP contribution in [0, 0.1) is 0 Å². The van der Waals surface area contributed by atoms with Gasteiger partial charge in [0.1, 0.15) is 0 Å². The van der Waals surface area contributed by atoms with Crippen LogP contribution in [0.3, 0.4) is 0 Å². The van der Waals surface area contributed by atoms with Crippen LogP contribution in [0.4, 0.5) is 0 Å². The Balaban J connectivity index is 1.93. The van der Waals surface area contributed by atoms with Crippen molar-refractivity contribution in [1.82, 2.24) is 0 Å². The maximum Gasteiger partial charge on any atom is 0.172 e. The van der Waals surface area contributed by atoms with E-state index >= 15 is 4.57 Å². The fourth-order valence-corrected chi connectivity index (χ4v) is 7.51. The van der Waals surface area contributed by atoms with Gasteiger partial charge in [-0.2, -0.15) is 0 Å². The number of benzene rings is 5. The monoisotopic (exact) mass is 426 g/mol. The lowest BCUT2D eigenvalue weighted by molar-refractivity contribution is 0.593. The van der Waals surface area contributed by atoms with Gasteiger partial charge < -0.3 is 4.57 Å². The summed E-state index contributed by atoms with van der Waals surface area (Å²) >= 11 is 6.14. The highest BCUT2D eigenvalue weighted by molar-refractivity contribution is 7.86. The molecule has 0 saturated carbocycles. The van der Waals surface area contributed by atoms with Crippen LogP contribution in [-0.4, -0.2) is 0 Å². The molecule has 146 valence electrons. The largest absolute Gasteiger partial charge is 0.309 e. The molecule has 0 aliphatic heterocycles. The summed E-state index contributed by atoms with van der Waals surface area (Å²) in [7, 11) is -3.17. The van der Waals surface area contributed by atoms with Crippen molar-refractivity contribution in [1.29, 1.82) is 0 Å². The van der Waals surface area contributed by atoms with Crippen LogP contribution >= 0.6 is 18.7 Å². The van der Waals surface area contributed by atoms with Gasteiger partial charge in [0, 0.05) is 21.8 Å². The number of hydrogen-bond donors (Lipinski definition) is 0. The van der Waals surface area contributed by atoms with Crippen molar-refractivity contribution in [3.8, 4) is 0 Å². The topological polar surface area (TPSA) is 17.1 Å². The second-order valence-electron chi connectivity index (χ2n) is 7.41. The van der Waals surface area contributed by atoms with Gasteiger partial charge in [-0.05, 0) is 33.2 Å². The Labute approximate surface area is 181 Å². The molecule has 0 amide bonds. The van der Waals surface area contributed by atoms with Crippen molar-refractivity contribution in [2.45, 2.75) is 5.88 Å². The normalized spacial score (nSPS) is 11.8. The molecule has 5 aromatic carbocycles. The number of hydrogen-bond acceptors (Lipinski definition) is 1. The Hall–Kier alpha value is -2.86. The van der Waals surface area contributed by atoms with E-state index in [4.69, 9.17) is 11.6 Å². The number of halogens is 1. The van der Waals surface area contributed by atoms with Crippen LogP contribution in [0.2, 0.25) is 0 Å². The molecule has 0 atom stereocenters. The molecule has 0 aromatic heterocycles. The molecule has 0 unspecified atom stereocenters. The smallest absolute Gasteiger partial charge is 0.172 e. The molecule has 0 saturated heterocycles. The van der Waals surface area contributed by atoms with E-state index in [1.807, 2.05) is 72.8 Å². The highest BCUT2D eigenvalue weighted by atomic mass is 35.5. The summed E-state index contributed by atoms with van der Waals surface area (Å²) in [5, 5.41) is 6.76. The lowest BCUT2D eigenvalue weighted by Gasteiger charge is -2.23. The minimum Gasteiger partial charge on any atom is -0.309 e. The first kappa shape index (κ1) is 19.1. The SMILES string of the molecule is O=P(c1cccc(CCl)c1)(c1cccc2ccccc12)c1cccc2ccccc12. The van der Waals surface area contributed by atoms with Crippen molar-refractivity contribution in [2.24, 2.45) is 0 Å². The molecule has 0 radical (unpaired) electrons. The molecule has 0 aliphatic carbocycles. The molecule has 30 heavy (non-hydrogen) atoms. The van der Waals surface area contributed by atoms with Crippen LogP contribution in [-0.2, 0) is 10.4 Å². The van der Waals surface area contributed by atoms with Gasteiger partial charge >= 0.3 is 0 Å². The highest BCUT2D eigenvalue weighted by Crippen LogP contribution is 2.46. The molecule has 0 bridgehead atoms. The quantitative estimate of drug-likeness (QED) is 0.241. The fraction of sp³-hybridized carbons (Fsp3) is 0.0370. The minimum absolute atomic E-state index is 0.388. The van der Waals surface area contributed by atoms with E-state index in [-0.39, 0.29) is 0 Å². The molecule has 1 nitrogen and oxygen atoms in total. The molecule has 0 spiro atoms. The molecule has 3 heteroatoms. The molecule has 0 heterocycles. The first-order valence-corrected chi connectivity index (χ1v) is 12.2. The first-order valence-electron chi connectivity index (χ1n) is 9.94.